The van der Waals surface area contributed by atoms with Crippen molar-refractivity contribution in [1.29, 1.82) is 0 Å². The van der Waals surface area contributed by atoms with E-state index in [9.17, 15) is 9.18 Å². The SMILES string of the molecule is CCN(CC)CC#CC(=O)Nc1cc2c(Nc3ccc(F)c(Cl)c3)ncnc2cc1OCC1CC1. The lowest BCUT2D eigenvalue weighted by Crippen LogP contribution is -2.23. The molecule has 0 unspecified atom stereocenters. The molecule has 1 aliphatic rings. The number of nitrogens with one attached hydrogen (secondary N) is 2. The van der Waals surface area contributed by atoms with Crippen LogP contribution in [-0.4, -0.2) is 47.0 Å². The van der Waals surface area contributed by atoms with Crippen molar-refractivity contribution < 1.29 is 13.9 Å². The minimum Gasteiger partial charge on any atom is -0.491 e. The first-order valence-electron chi connectivity index (χ1n) is 11.6. The molecule has 182 valence electrons. The molecule has 3 aromatic rings. The van der Waals surface area contributed by atoms with E-state index in [0.29, 0.717) is 52.9 Å². The lowest BCUT2D eigenvalue weighted by atomic mass is 10.1. The molecule has 0 bridgehead atoms. The number of carbonyl (C=O) groups excluding carboxylic acids is 1. The maximum Gasteiger partial charge on any atom is 0.300 e. The summed E-state index contributed by atoms with van der Waals surface area (Å²) in [7, 11) is 0. The average Bonchev–Trinajstić information content (AvgIpc) is 3.68. The van der Waals surface area contributed by atoms with Gasteiger partial charge < -0.3 is 15.4 Å². The van der Waals surface area contributed by atoms with Crippen LogP contribution < -0.4 is 15.4 Å². The van der Waals surface area contributed by atoms with E-state index in [4.69, 9.17) is 16.3 Å². The Morgan fingerprint density at radius 3 is 2.74 bits per heavy atom. The molecule has 7 nitrogen and oxygen atoms in total. The van der Waals surface area contributed by atoms with Gasteiger partial charge in [0.2, 0.25) is 0 Å². The van der Waals surface area contributed by atoms with Gasteiger partial charge in [-0.15, -0.1) is 0 Å². The number of ether oxygens (including phenoxy) is 1. The van der Waals surface area contributed by atoms with E-state index in [-0.39, 0.29) is 5.02 Å². The van der Waals surface area contributed by atoms with Gasteiger partial charge in [-0.1, -0.05) is 31.4 Å². The first-order valence-corrected chi connectivity index (χ1v) is 12.0. The molecule has 1 aliphatic carbocycles. The molecular formula is C26H27ClFN5O2. The third-order valence-corrected chi connectivity index (χ3v) is 6.03. The highest BCUT2D eigenvalue weighted by Crippen LogP contribution is 2.36. The standard InChI is InChI=1S/C26H27ClFN5O2/c1-3-33(4-2)11-5-6-25(34)32-23-13-19-22(14-24(23)35-15-17-7-8-17)29-16-30-26(19)31-18-9-10-21(28)20(27)12-18/h9-10,12-14,16-17H,3-4,7-8,11,15H2,1-2H3,(H,32,34)(H,29,30,31). The molecule has 0 radical (unpaired) electrons. The van der Waals surface area contributed by atoms with Crippen LogP contribution >= 0.6 is 11.6 Å². The van der Waals surface area contributed by atoms with Crippen LogP contribution in [0.2, 0.25) is 5.02 Å². The summed E-state index contributed by atoms with van der Waals surface area (Å²) < 4.78 is 19.6. The monoisotopic (exact) mass is 495 g/mol. The van der Waals surface area contributed by atoms with Gasteiger partial charge in [0, 0.05) is 17.1 Å². The van der Waals surface area contributed by atoms with Crippen LogP contribution in [0.5, 0.6) is 5.75 Å². The number of hydrogen-bond acceptors (Lipinski definition) is 6. The second-order valence-corrected chi connectivity index (χ2v) is 8.72. The zero-order chi connectivity index (χ0) is 24.8. The number of nitrogens with zero attached hydrogens (tertiary/aromatic N) is 3. The molecule has 1 fully saturated rings. The summed E-state index contributed by atoms with van der Waals surface area (Å²) in [6.45, 7) is 6.93. The largest absolute Gasteiger partial charge is 0.491 e. The van der Waals surface area contributed by atoms with E-state index in [1.807, 2.05) is 0 Å². The fourth-order valence-electron chi connectivity index (χ4n) is 3.44. The Bertz CT molecular complexity index is 1280. The highest BCUT2D eigenvalue weighted by molar-refractivity contribution is 6.31. The summed E-state index contributed by atoms with van der Waals surface area (Å²) in [4.78, 5) is 23.4. The smallest absolute Gasteiger partial charge is 0.300 e. The Balaban J connectivity index is 1.63. The van der Waals surface area contributed by atoms with E-state index < -0.39 is 11.7 Å². The van der Waals surface area contributed by atoms with Crippen LogP contribution in [0, 0.1) is 23.6 Å². The van der Waals surface area contributed by atoms with Gasteiger partial charge in [0.15, 0.2) is 0 Å². The minimum absolute atomic E-state index is 0.000335. The van der Waals surface area contributed by atoms with Gasteiger partial charge in [-0.3, -0.25) is 9.69 Å². The molecule has 1 heterocycles. The lowest BCUT2D eigenvalue weighted by Gasteiger charge is -2.15. The minimum atomic E-state index is -0.505. The van der Waals surface area contributed by atoms with E-state index >= 15 is 0 Å². The number of amides is 1. The predicted molar refractivity (Wildman–Crippen MR) is 137 cm³/mol. The van der Waals surface area contributed by atoms with Crippen LogP contribution in [0.25, 0.3) is 10.9 Å². The number of rotatable bonds is 9. The number of benzene rings is 2. The quantitative estimate of drug-likeness (QED) is 0.395. The zero-order valence-corrected chi connectivity index (χ0v) is 20.5. The topological polar surface area (TPSA) is 79.4 Å². The zero-order valence-electron chi connectivity index (χ0n) is 19.7. The number of hydrogen-bond donors (Lipinski definition) is 2. The van der Waals surface area contributed by atoms with Gasteiger partial charge >= 0.3 is 0 Å². The van der Waals surface area contributed by atoms with Crippen molar-refractivity contribution in [3.63, 3.8) is 0 Å². The second-order valence-electron chi connectivity index (χ2n) is 8.31. The van der Waals surface area contributed by atoms with Crippen molar-refractivity contribution in [2.24, 2.45) is 5.92 Å². The summed E-state index contributed by atoms with van der Waals surface area (Å²) in [6, 6.07) is 7.86. The molecule has 0 spiro atoms. The normalized spacial score (nSPS) is 12.8. The Hall–Kier alpha value is -3.41. The molecule has 0 atom stereocenters. The fourth-order valence-corrected chi connectivity index (χ4v) is 3.62. The van der Waals surface area contributed by atoms with Gasteiger partial charge in [-0.2, -0.15) is 0 Å². The van der Waals surface area contributed by atoms with Gasteiger partial charge in [-0.05, 0) is 62.0 Å². The fraction of sp³-hybridized carbons (Fsp3) is 0.346. The molecule has 2 N–H and O–H groups in total. The highest BCUT2D eigenvalue weighted by atomic mass is 35.5. The maximum atomic E-state index is 13.6. The maximum absolute atomic E-state index is 13.6. The van der Waals surface area contributed by atoms with E-state index in [1.54, 1.807) is 18.2 Å². The van der Waals surface area contributed by atoms with Crippen molar-refractivity contribution in [3.8, 4) is 17.6 Å². The van der Waals surface area contributed by atoms with Crippen LogP contribution in [-0.2, 0) is 4.79 Å². The first-order chi connectivity index (χ1) is 17.0. The Morgan fingerprint density at radius 2 is 2.03 bits per heavy atom. The number of carbonyl (C=O) groups is 1. The molecule has 4 rings (SSSR count). The van der Waals surface area contributed by atoms with Gasteiger partial charge in [0.05, 0.1) is 29.4 Å². The molecule has 1 aromatic heterocycles. The van der Waals surface area contributed by atoms with Gasteiger partial charge in [0.1, 0.15) is 23.7 Å². The molecule has 1 amide bonds. The number of halogens is 2. The Labute approximate surface area is 209 Å². The summed E-state index contributed by atoms with van der Waals surface area (Å²) in [6.07, 6.45) is 3.71. The third-order valence-electron chi connectivity index (χ3n) is 5.74. The van der Waals surface area contributed by atoms with Crippen LogP contribution in [0.4, 0.5) is 21.6 Å². The summed E-state index contributed by atoms with van der Waals surface area (Å²) >= 11 is 5.92. The molecule has 1 saturated carbocycles. The van der Waals surface area contributed by atoms with E-state index in [0.717, 1.165) is 25.9 Å². The van der Waals surface area contributed by atoms with Crippen molar-refractivity contribution >= 4 is 45.6 Å². The summed E-state index contributed by atoms with van der Waals surface area (Å²) in [5.74, 6) is 6.19. The van der Waals surface area contributed by atoms with Crippen molar-refractivity contribution in [2.75, 3.05) is 36.9 Å². The summed E-state index contributed by atoms with van der Waals surface area (Å²) in [5, 5.41) is 6.65. The predicted octanol–water partition coefficient (Wildman–Crippen LogP) is 5.24. The molecule has 0 aliphatic heterocycles. The van der Waals surface area contributed by atoms with Crippen LogP contribution in [0.1, 0.15) is 26.7 Å². The van der Waals surface area contributed by atoms with Gasteiger partial charge in [0.25, 0.3) is 5.91 Å². The van der Waals surface area contributed by atoms with E-state index in [1.165, 1.54) is 18.5 Å². The molecule has 9 heteroatoms. The van der Waals surface area contributed by atoms with E-state index in [2.05, 4.69) is 51.2 Å². The lowest BCUT2D eigenvalue weighted by molar-refractivity contribution is -0.111. The molecule has 2 aromatic carbocycles. The van der Waals surface area contributed by atoms with Gasteiger partial charge in [-0.25, -0.2) is 14.4 Å². The number of fused-ring (bicyclic) bond motifs is 1. The first kappa shape index (κ1) is 24.7. The van der Waals surface area contributed by atoms with Crippen LogP contribution in [0.15, 0.2) is 36.7 Å². The molecule has 35 heavy (non-hydrogen) atoms. The summed E-state index contributed by atoms with van der Waals surface area (Å²) in [5.41, 5.74) is 1.68. The average molecular weight is 496 g/mol. The molecular weight excluding hydrogens is 469 g/mol. The van der Waals surface area contributed by atoms with Crippen LogP contribution in [0.3, 0.4) is 0 Å². The van der Waals surface area contributed by atoms with Crippen molar-refractivity contribution in [3.05, 3.63) is 47.5 Å². The Kier molecular flexibility index (Phi) is 8.01. The van der Waals surface area contributed by atoms with Crippen molar-refractivity contribution in [1.82, 2.24) is 14.9 Å². The molecule has 0 saturated heterocycles. The van der Waals surface area contributed by atoms with Crippen molar-refractivity contribution in [2.45, 2.75) is 26.7 Å². The number of aromatic nitrogens is 2. The Morgan fingerprint density at radius 1 is 1.23 bits per heavy atom. The highest BCUT2D eigenvalue weighted by Gasteiger charge is 2.23. The second kappa shape index (κ2) is 11.3. The number of anilines is 3. The third kappa shape index (κ3) is 6.59.